The second-order valence-electron chi connectivity index (χ2n) is 4.98. The Morgan fingerprint density at radius 3 is 3.11 bits per heavy atom. The fourth-order valence-electron chi connectivity index (χ4n) is 2.76. The molecule has 0 bridgehead atoms. The van der Waals surface area contributed by atoms with Gasteiger partial charge in [-0.2, -0.15) is 5.26 Å². The highest BCUT2D eigenvalue weighted by molar-refractivity contribution is 7.18. The Morgan fingerprint density at radius 1 is 1.37 bits per heavy atom. The van der Waals surface area contributed by atoms with E-state index in [0.29, 0.717) is 12.5 Å². The summed E-state index contributed by atoms with van der Waals surface area (Å²) in [6.45, 7) is 1.97. The highest BCUT2D eigenvalue weighted by Gasteiger charge is 2.26. The molecule has 4 heteroatoms. The number of hydrogen-bond donors (Lipinski definition) is 0. The zero-order chi connectivity index (χ0) is 13.1. The van der Waals surface area contributed by atoms with Gasteiger partial charge in [0.15, 0.2) is 0 Å². The van der Waals surface area contributed by atoms with Gasteiger partial charge in [0.05, 0.1) is 22.3 Å². The minimum atomic E-state index is 0.416. The molecule has 1 atom stereocenters. The van der Waals surface area contributed by atoms with E-state index in [4.69, 9.17) is 10.2 Å². The zero-order valence-corrected chi connectivity index (χ0v) is 11.7. The Bertz CT molecular complexity index is 566. The van der Waals surface area contributed by atoms with Crippen LogP contribution in [0.25, 0.3) is 10.2 Å². The average molecular weight is 271 g/mol. The van der Waals surface area contributed by atoms with Gasteiger partial charge >= 0.3 is 0 Å². The number of piperidine rings is 1. The summed E-state index contributed by atoms with van der Waals surface area (Å²) in [7, 11) is 0. The van der Waals surface area contributed by atoms with Crippen LogP contribution in [0.1, 0.15) is 36.7 Å². The van der Waals surface area contributed by atoms with Gasteiger partial charge in [0.2, 0.25) is 0 Å². The van der Waals surface area contributed by atoms with Gasteiger partial charge in [0.1, 0.15) is 5.01 Å². The normalized spacial score (nSPS) is 20.5. The molecule has 0 radical (unpaired) electrons. The molecule has 0 amide bonds. The lowest BCUT2D eigenvalue weighted by Gasteiger charge is -2.33. The third kappa shape index (κ3) is 2.63. The van der Waals surface area contributed by atoms with Gasteiger partial charge < -0.3 is 0 Å². The summed E-state index contributed by atoms with van der Waals surface area (Å²) in [5.74, 6) is 0. The highest BCUT2D eigenvalue weighted by atomic mass is 32.1. The van der Waals surface area contributed by atoms with Crippen LogP contribution in [0.15, 0.2) is 24.3 Å². The van der Waals surface area contributed by atoms with Crippen LogP contribution in [0.2, 0.25) is 0 Å². The molecule has 0 N–H and O–H groups in total. The highest BCUT2D eigenvalue weighted by Crippen LogP contribution is 2.35. The van der Waals surface area contributed by atoms with Crippen LogP contribution >= 0.6 is 11.3 Å². The number of aromatic nitrogens is 1. The van der Waals surface area contributed by atoms with Crippen molar-refractivity contribution in [3.05, 3.63) is 29.3 Å². The molecule has 3 nitrogen and oxygen atoms in total. The molecule has 1 aromatic heterocycles. The van der Waals surface area contributed by atoms with Crippen LogP contribution in [0.5, 0.6) is 0 Å². The van der Waals surface area contributed by atoms with Gasteiger partial charge in [0.25, 0.3) is 0 Å². The number of nitriles is 1. The maximum Gasteiger partial charge on any atom is 0.111 e. The molecule has 1 fully saturated rings. The second kappa shape index (κ2) is 5.68. The van der Waals surface area contributed by atoms with Crippen molar-refractivity contribution in [1.29, 1.82) is 5.26 Å². The lowest BCUT2D eigenvalue weighted by atomic mass is 10.0. The monoisotopic (exact) mass is 271 g/mol. The predicted octanol–water partition coefficient (Wildman–Crippen LogP) is 3.74. The van der Waals surface area contributed by atoms with Crippen LogP contribution < -0.4 is 0 Å². The topological polar surface area (TPSA) is 39.9 Å². The van der Waals surface area contributed by atoms with E-state index in [1.165, 1.54) is 29.0 Å². The van der Waals surface area contributed by atoms with Crippen LogP contribution in [0, 0.1) is 11.3 Å². The molecule has 0 spiro atoms. The second-order valence-corrected chi connectivity index (χ2v) is 6.04. The van der Waals surface area contributed by atoms with Gasteiger partial charge in [-0.15, -0.1) is 11.3 Å². The number of rotatable bonds is 3. The maximum absolute atomic E-state index is 8.78. The number of nitrogens with zero attached hydrogens (tertiary/aromatic N) is 3. The molecule has 3 rings (SSSR count). The first kappa shape index (κ1) is 12.6. The number of hydrogen-bond acceptors (Lipinski definition) is 4. The van der Waals surface area contributed by atoms with E-state index in [1.807, 2.05) is 6.07 Å². The molecule has 1 unspecified atom stereocenters. The SMILES string of the molecule is N#CCCN1CCCCC1c1nc2ccccc2s1. The summed E-state index contributed by atoms with van der Waals surface area (Å²) < 4.78 is 1.27. The first-order valence-electron chi connectivity index (χ1n) is 6.85. The standard InChI is InChI=1S/C15H17N3S/c16-9-5-11-18-10-4-3-7-13(18)15-17-12-6-1-2-8-14(12)19-15/h1-2,6,8,13H,3-5,7,10-11H2. The predicted molar refractivity (Wildman–Crippen MR) is 78.0 cm³/mol. The molecule has 2 heterocycles. The number of fused-ring (bicyclic) bond motifs is 1. The Labute approximate surface area is 117 Å². The van der Waals surface area contributed by atoms with Crippen molar-refractivity contribution in [3.63, 3.8) is 0 Å². The van der Waals surface area contributed by atoms with E-state index < -0.39 is 0 Å². The molecule has 19 heavy (non-hydrogen) atoms. The van der Waals surface area contributed by atoms with Crippen LogP contribution in [0.4, 0.5) is 0 Å². The molecular weight excluding hydrogens is 254 g/mol. The quantitative estimate of drug-likeness (QED) is 0.853. The van der Waals surface area contributed by atoms with Gasteiger partial charge in [-0.1, -0.05) is 18.6 Å². The molecule has 0 aliphatic carbocycles. The van der Waals surface area contributed by atoms with E-state index in [9.17, 15) is 0 Å². The van der Waals surface area contributed by atoms with Crippen LogP contribution in [-0.4, -0.2) is 23.0 Å². The van der Waals surface area contributed by atoms with Gasteiger partial charge in [-0.3, -0.25) is 4.90 Å². The minimum Gasteiger partial charge on any atom is -0.293 e. The fourth-order valence-corrected chi connectivity index (χ4v) is 3.90. The molecular formula is C15H17N3S. The van der Waals surface area contributed by atoms with Crippen molar-refractivity contribution in [2.45, 2.75) is 31.7 Å². The van der Waals surface area contributed by atoms with Crippen molar-refractivity contribution in [1.82, 2.24) is 9.88 Å². The van der Waals surface area contributed by atoms with E-state index >= 15 is 0 Å². The molecule has 1 aromatic carbocycles. The average Bonchev–Trinajstić information content (AvgIpc) is 2.89. The third-order valence-corrected chi connectivity index (χ3v) is 4.86. The molecule has 1 saturated heterocycles. The van der Waals surface area contributed by atoms with Crippen LogP contribution in [-0.2, 0) is 0 Å². The smallest absolute Gasteiger partial charge is 0.111 e. The van der Waals surface area contributed by atoms with E-state index in [2.05, 4.69) is 29.2 Å². The third-order valence-electron chi connectivity index (χ3n) is 3.72. The first-order chi connectivity index (χ1) is 9.38. The minimum absolute atomic E-state index is 0.416. The zero-order valence-electron chi connectivity index (χ0n) is 10.9. The molecule has 0 saturated carbocycles. The van der Waals surface area contributed by atoms with Crippen molar-refractivity contribution in [3.8, 4) is 6.07 Å². The van der Waals surface area contributed by atoms with Gasteiger partial charge in [-0.05, 0) is 31.5 Å². The lowest BCUT2D eigenvalue weighted by Crippen LogP contribution is -2.34. The summed E-state index contributed by atoms with van der Waals surface area (Å²) in [5.41, 5.74) is 1.10. The van der Waals surface area contributed by atoms with Gasteiger partial charge in [-0.25, -0.2) is 4.98 Å². The first-order valence-corrected chi connectivity index (χ1v) is 7.66. The lowest BCUT2D eigenvalue weighted by molar-refractivity contribution is 0.152. The van der Waals surface area contributed by atoms with E-state index in [-0.39, 0.29) is 0 Å². The Morgan fingerprint density at radius 2 is 2.26 bits per heavy atom. The van der Waals surface area contributed by atoms with Crippen molar-refractivity contribution in [2.24, 2.45) is 0 Å². The molecule has 98 valence electrons. The van der Waals surface area contributed by atoms with Crippen molar-refractivity contribution >= 4 is 21.6 Å². The summed E-state index contributed by atoms with van der Waals surface area (Å²) in [4.78, 5) is 7.22. The number of likely N-dealkylation sites (tertiary alicyclic amines) is 1. The maximum atomic E-state index is 8.78. The Hall–Kier alpha value is -1.44. The number of thiazole rings is 1. The van der Waals surface area contributed by atoms with Crippen molar-refractivity contribution < 1.29 is 0 Å². The van der Waals surface area contributed by atoms with Gasteiger partial charge in [0, 0.05) is 13.0 Å². The summed E-state index contributed by atoms with van der Waals surface area (Å²) in [6, 6.07) is 11.0. The summed E-state index contributed by atoms with van der Waals surface area (Å²) >= 11 is 1.81. The molecule has 1 aliphatic heterocycles. The van der Waals surface area contributed by atoms with E-state index in [1.54, 1.807) is 11.3 Å². The number of benzene rings is 1. The van der Waals surface area contributed by atoms with Crippen LogP contribution in [0.3, 0.4) is 0 Å². The molecule has 1 aliphatic rings. The fraction of sp³-hybridized carbons (Fsp3) is 0.467. The Balaban J connectivity index is 1.87. The van der Waals surface area contributed by atoms with E-state index in [0.717, 1.165) is 18.6 Å². The Kier molecular flexibility index (Phi) is 3.77. The largest absolute Gasteiger partial charge is 0.293 e. The van der Waals surface area contributed by atoms with Crippen molar-refractivity contribution in [2.75, 3.05) is 13.1 Å². The molecule has 2 aromatic rings. The summed E-state index contributed by atoms with van der Waals surface area (Å²) in [5, 5.41) is 10.00. The summed E-state index contributed by atoms with van der Waals surface area (Å²) in [6.07, 6.45) is 4.29. The number of para-hydroxylation sites is 1.